The first-order valence-electron chi connectivity index (χ1n) is 8.47. The lowest BCUT2D eigenvalue weighted by molar-refractivity contribution is 0.192. The summed E-state index contributed by atoms with van der Waals surface area (Å²) in [6.45, 7) is 9.93. The maximum absolute atomic E-state index is 13.3. The molecule has 0 aliphatic carbocycles. The number of benzene rings is 1. The van der Waals surface area contributed by atoms with Crippen LogP contribution in [-0.2, 0) is 24.6 Å². The van der Waals surface area contributed by atoms with Crippen LogP contribution in [0.4, 0.5) is 0 Å². The summed E-state index contributed by atoms with van der Waals surface area (Å²) >= 11 is 0. The number of rotatable bonds is 11. The van der Waals surface area contributed by atoms with Crippen LogP contribution in [0.2, 0.25) is 0 Å². The number of hydrogen-bond acceptors (Lipinski definition) is 4. The normalized spacial score (nSPS) is 15.9. The molecular weight excluding hydrogens is 345 g/mol. The topological polar surface area (TPSA) is 64.6 Å². The molecule has 0 saturated carbocycles. The van der Waals surface area contributed by atoms with Crippen LogP contribution in [0, 0.1) is 6.92 Å². The Bertz CT molecular complexity index is 568. The number of hydrogen-bond donors (Lipinski definition) is 1. The van der Waals surface area contributed by atoms with E-state index in [9.17, 15) is 8.77 Å². The lowest BCUT2D eigenvalue weighted by atomic mass is 10.1. The smallest absolute Gasteiger partial charge is 0.308 e. The monoisotopic (exact) mass is 375 g/mol. The lowest BCUT2D eigenvalue weighted by Crippen LogP contribution is -2.44. The first-order chi connectivity index (χ1) is 11.3. The Morgan fingerprint density at radius 3 is 2.12 bits per heavy atom. The van der Waals surface area contributed by atoms with E-state index in [0.717, 1.165) is 18.4 Å². The molecule has 138 valence electrons. The predicted molar refractivity (Wildman–Crippen MR) is 99.5 cm³/mol. The molecule has 1 N–H and O–H groups in total. The van der Waals surface area contributed by atoms with Crippen molar-refractivity contribution < 1.29 is 17.8 Å². The van der Waals surface area contributed by atoms with Crippen LogP contribution in [0.15, 0.2) is 29.2 Å². The SMILES string of the molecule is CCCC[C@](C)(NS(=O)c1ccc(C)cc1)P(=O)(OCC)OCC. The van der Waals surface area contributed by atoms with Gasteiger partial charge in [-0.05, 0) is 46.2 Å². The van der Waals surface area contributed by atoms with Crippen molar-refractivity contribution in [3.63, 3.8) is 0 Å². The molecule has 7 heteroatoms. The maximum atomic E-state index is 13.3. The van der Waals surface area contributed by atoms with Gasteiger partial charge in [-0.15, -0.1) is 0 Å². The van der Waals surface area contributed by atoms with E-state index in [1.165, 1.54) is 0 Å². The van der Waals surface area contributed by atoms with E-state index >= 15 is 0 Å². The summed E-state index contributed by atoms with van der Waals surface area (Å²) in [5.41, 5.74) is 1.10. The number of aryl methyl sites for hydroxylation is 1. The highest BCUT2D eigenvalue weighted by Gasteiger charge is 2.47. The largest absolute Gasteiger partial charge is 0.351 e. The summed E-state index contributed by atoms with van der Waals surface area (Å²) < 4.78 is 40.2. The van der Waals surface area contributed by atoms with Crippen molar-refractivity contribution in [2.24, 2.45) is 0 Å². The highest BCUT2D eigenvalue weighted by Crippen LogP contribution is 2.60. The average Bonchev–Trinajstić information content (AvgIpc) is 2.54. The Balaban J connectivity index is 3.11. The molecular formula is C17H30NO4PS. The maximum Gasteiger partial charge on any atom is 0.351 e. The molecule has 1 aromatic carbocycles. The minimum atomic E-state index is -3.46. The molecule has 1 aromatic rings. The molecule has 2 atom stereocenters. The Kier molecular flexibility index (Phi) is 8.82. The summed E-state index contributed by atoms with van der Waals surface area (Å²) in [5.74, 6) is 0. The number of unbranched alkanes of at least 4 members (excludes halogenated alkanes) is 1. The minimum Gasteiger partial charge on any atom is -0.308 e. The van der Waals surface area contributed by atoms with Crippen LogP contribution in [0.3, 0.4) is 0 Å². The van der Waals surface area contributed by atoms with Gasteiger partial charge in [-0.25, -0.2) is 8.93 Å². The van der Waals surface area contributed by atoms with Gasteiger partial charge >= 0.3 is 7.60 Å². The highest BCUT2D eigenvalue weighted by atomic mass is 32.2. The zero-order valence-corrected chi connectivity index (χ0v) is 17.0. The molecule has 0 aromatic heterocycles. The summed E-state index contributed by atoms with van der Waals surface area (Å²) in [4.78, 5) is 0.642. The lowest BCUT2D eigenvalue weighted by Gasteiger charge is -2.36. The van der Waals surface area contributed by atoms with Crippen molar-refractivity contribution >= 4 is 18.6 Å². The third kappa shape index (κ3) is 5.50. The van der Waals surface area contributed by atoms with Gasteiger partial charge in [0.05, 0.1) is 18.1 Å². The van der Waals surface area contributed by atoms with E-state index in [0.29, 0.717) is 11.3 Å². The fraction of sp³-hybridized carbons (Fsp3) is 0.647. The zero-order valence-electron chi connectivity index (χ0n) is 15.3. The Labute approximate surface area is 148 Å². The minimum absolute atomic E-state index is 0.276. The molecule has 0 amide bonds. The third-order valence-corrected chi connectivity index (χ3v) is 8.00. The quantitative estimate of drug-likeness (QED) is 0.565. The van der Waals surface area contributed by atoms with E-state index in [-0.39, 0.29) is 13.2 Å². The molecule has 24 heavy (non-hydrogen) atoms. The van der Waals surface area contributed by atoms with Gasteiger partial charge in [0.25, 0.3) is 0 Å². The van der Waals surface area contributed by atoms with Crippen molar-refractivity contribution in [2.45, 2.75) is 64.1 Å². The molecule has 0 radical (unpaired) electrons. The second-order valence-electron chi connectivity index (χ2n) is 5.89. The predicted octanol–water partition coefficient (Wildman–Crippen LogP) is 4.78. The Morgan fingerprint density at radius 1 is 1.12 bits per heavy atom. The van der Waals surface area contributed by atoms with Gasteiger partial charge in [-0.2, -0.15) is 0 Å². The standard InChI is InChI=1S/C17H30NO4PS/c1-6-9-14-17(5,23(19,21-7-2)22-8-3)18-24(20)16-12-10-15(4)11-13-16/h10-13,18H,6-9,14H2,1-5H3/t17-,24?/m1/s1. The first kappa shape index (κ1) is 21.5. The summed E-state index contributed by atoms with van der Waals surface area (Å²) in [6.07, 6.45) is 2.32. The van der Waals surface area contributed by atoms with Gasteiger partial charge in [0.15, 0.2) is 0 Å². The molecule has 1 unspecified atom stereocenters. The van der Waals surface area contributed by atoms with E-state index in [2.05, 4.69) is 11.6 Å². The van der Waals surface area contributed by atoms with Gasteiger partial charge < -0.3 is 9.05 Å². The van der Waals surface area contributed by atoms with Crippen LogP contribution in [0.25, 0.3) is 0 Å². The van der Waals surface area contributed by atoms with E-state index in [1.807, 2.05) is 31.2 Å². The van der Waals surface area contributed by atoms with Crippen molar-refractivity contribution in [2.75, 3.05) is 13.2 Å². The molecule has 0 heterocycles. The van der Waals surface area contributed by atoms with Crippen molar-refractivity contribution in [1.82, 2.24) is 4.72 Å². The van der Waals surface area contributed by atoms with Crippen molar-refractivity contribution in [3.05, 3.63) is 29.8 Å². The Hall–Kier alpha value is -0.520. The molecule has 5 nitrogen and oxygen atoms in total. The van der Waals surface area contributed by atoms with Crippen LogP contribution in [-0.4, -0.2) is 22.7 Å². The van der Waals surface area contributed by atoms with Crippen LogP contribution in [0.1, 0.15) is 52.5 Å². The second-order valence-corrected chi connectivity index (χ2v) is 9.61. The molecule has 1 rings (SSSR count). The average molecular weight is 375 g/mol. The molecule has 0 aliphatic heterocycles. The van der Waals surface area contributed by atoms with Crippen LogP contribution < -0.4 is 4.72 Å². The zero-order chi connectivity index (χ0) is 18.2. The van der Waals surface area contributed by atoms with Crippen LogP contribution >= 0.6 is 7.60 Å². The second kappa shape index (κ2) is 9.83. The van der Waals surface area contributed by atoms with E-state index < -0.39 is 23.9 Å². The van der Waals surface area contributed by atoms with E-state index in [1.54, 1.807) is 20.8 Å². The summed E-state index contributed by atoms with van der Waals surface area (Å²) in [7, 11) is -4.96. The van der Waals surface area contributed by atoms with Crippen molar-refractivity contribution in [1.29, 1.82) is 0 Å². The third-order valence-electron chi connectivity index (χ3n) is 3.77. The fourth-order valence-corrected chi connectivity index (χ4v) is 5.80. The molecule has 0 bridgehead atoms. The Morgan fingerprint density at radius 2 is 1.67 bits per heavy atom. The van der Waals surface area contributed by atoms with Crippen molar-refractivity contribution in [3.8, 4) is 0 Å². The fourth-order valence-electron chi connectivity index (χ4n) is 2.35. The van der Waals surface area contributed by atoms with Crippen LogP contribution in [0.5, 0.6) is 0 Å². The molecule has 0 spiro atoms. The van der Waals surface area contributed by atoms with Gasteiger partial charge in [-0.3, -0.25) is 4.57 Å². The summed E-state index contributed by atoms with van der Waals surface area (Å²) in [6, 6.07) is 7.43. The van der Waals surface area contributed by atoms with Gasteiger partial charge in [0.2, 0.25) is 0 Å². The van der Waals surface area contributed by atoms with E-state index in [4.69, 9.17) is 9.05 Å². The molecule has 0 fully saturated rings. The number of nitrogens with one attached hydrogen (secondary N) is 1. The summed E-state index contributed by atoms with van der Waals surface area (Å²) in [5, 5.41) is -1.01. The van der Waals surface area contributed by atoms with Gasteiger partial charge in [0.1, 0.15) is 16.3 Å². The van der Waals surface area contributed by atoms with Gasteiger partial charge in [-0.1, -0.05) is 37.5 Å². The highest BCUT2D eigenvalue weighted by molar-refractivity contribution is 7.83. The van der Waals surface area contributed by atoms with Gasteiger partial charge in [0, 0.05) is 0 Å². The first-order valence-corrected chi connectivity index (χ1v) is 11.2. The molecule has 0 aliphatic rings. The molecule has 0 saturated heterocycles.